The minimum Gasteiger partial charge on any atom is -0.392 e. The zero-order chi connectivity index (χ0) is 17.5. The number of carbonyl (C=O) groups excluding carboxylic acids is 1. The number of ketones is 1. The third kappa shape index (κ3) is 2.59. The first kappa shape index (κ1) is 17.8. The fraction of sp³-hybridized carbons (Fsp3) is 0.750. The summed E-state index contributed by atoms with van der Waals surface area (Å²) >= 11 is 0. The molecule has 2 N–H and O–H groups in total. The molecule has 3 aliphatic rings. The zero-order valence-electron chi connectivity index (χ0n) is 15.0. The highest BCUT2D eigenvalue weighted by atomic mass is 16.5. The monoisotopic (exact) mass is 334 g/mol. The van der Waals surface area contributed by atoms with Gasteiger partial charge >= 0.3 is 0 Å². The largest absolute Gasteiger partial charge is 0.392 e. The first-order valence-electron chi connectivity index (χ1n) is 9.17. The van der Waals surface area contributed by atoms with Crippen molar-refractivity contribution in [1.82, 2.24) is 0 Å². The predicted octanol–water partition coefficient (Wildman–Crippen LogP) is 2.79. The van der Waals surface area contributed by atoms with Crippen molar-refractivity contribution in [3.8, 4) is 0 Å². The maximum Gasteiger partial charge on any atom is 0.169 e. The normalized spacial score (nSPS) is 42.0. The van der Waals surface area contributed by atoms with Crippen LogP contribution in [0.4, 0.5) is 0 Å². The number of carbonyl (C=O) groups is 1. The minimum atomic E-state index is -0.714. The fourth-order valence-corrected chi connectivity index (χ4v) is 5.19. The van der Waals surface area contributed by atoms with Gasteiger partial charge in [0.05, 0.1) is 19.3 Å². The fourth-order valence-electron chi connectivity index (χ4n) is 5.19. The van der Waals surface area contributed by atoms with Gasteiger partial charge in [-0.2, -0.15) is 0 Å². The van der Waals surface area contributed by atoms with Crippen LogP contribution in [0.2, 0.25) is 0 Å². The lowest BCUT2D eigenvalue weighted by atomic mass is 9.52. The van der Waals surface area contributed by atoms with Crippen LogP contribution in [0.3, 0.4) is 0 Å². The molecule has 1 spiro atoms. The van der Waals surface area contributed by atoms with Crippen molar-refractivity contribution < 1.29 is 19.7 Å². The Morgan fingerprint density at radius 1 is 1.42 bits per heavy atom. The Hall–Kier alpha value is -0.970. The molecule has 1 aliphatic carbocycles. The highest BCUT2D eigenvalue weighted by Crippen LogP contribution is 2.59. The second-order valence-corrected chi connectivity index (χ2v) is 8.16. The molecule has 1 saturated carbocycles. The average molecular weight is 334 g/mol. The number of hydrogen-bond donors (Lipinski definition) is 2. The van der Waals surface area contributed by atoms with Crippen molar-refractivity contribution in [3.63, 3.8) is 0 Å². The van der Waals surface area contributed by atoms with E-state index in [1.165, 1.54) is 5.57 Å². The molecule has 24 heavy (non-hydrogen) atoms. The Bertz CT molecular complexity index is 578. The number of aliphatic hydroxyl groups excluding tert-OH is 2. The topological polar surface area (TPSA) is 66.8 Å². The number of fused-ring (bicyclic) bond motifs is 1. The Labute approximate surface area is 144 Å². The van der Waals surface area contributed by atoms with Crippen LogP contribution in [0.15, 0.2) is 23.3 Å². The summed E-state index contributed by atoms with van der Waals surface area (Å²) in [6, 6.07) is 0. The van der Waals surface area contributed by atoms with E-state index in [1.54, 1.807) is 6.08 Å². The smallest absolute Gasteiger partial charge is 0.169 e. The molecule has 0 aromatic carbocycles. The van der Waals surface area contributed by atoms with Crippen molar-refractivity contribution in [2.45, 2.75) is 64.6 Å². The van der Waals surface area contributed by atoms with Crippen LogP contribution in [-0.4, -0.2) is 40.9 Å². The van der Waals surface area contributed by atoms with Crippen molar-refractivity contribution in [2.75, 3.05) is 13.2 Å². The molecule has 0 radical (unpaired) electrons. The van der Waals surface area contributed by atoms with E-state index >= 15 is 0 Å². The van der Waals surface area contributed by atoms with Crippen LogP contribution in [-0.2, 0) is 9.53 Å². The summed E-state index contributed by atoms with van der Waals surface area (Å²) in [5.41, 5.74) is 1.36. The van der Waals surface area contributed by atoms with Crippen LogP contribution < -0.4 is 0 Å². The quantitative estimate of drug-likeness (QED) is 0.759. The highest BCUT2D eigenvalue weighted by molar-refractivity contribution is 5.92. The first-order chi connectivity index (χ1) is 11.4. The van der Waals surface area contributed by atoms with Gasteiger partial charge in [0.25, 0.3) is 0 Å². The summed E-state index contributed by atoms with van der Waals surface area (Å²) < 4.78 is 6.29. The molecular weight excluding hydrogens is 304 g/mol. The summed E-state index contributed by atoms with van der Waals surface area (Å²) in [6.07, 6.45) is 8.15. The molecule has 0 aromatic rings. The Morgan fingerprint density at radius 2 is 2.17 bits per heavy atom. The molecular formula is C20H30O4. The second-order valence-electron chi connectivity index (χ2n) is 8.16. The molecule has 4 nitrogen and oxygen atoms in total. The summed E-state index contributed by atoms with van der Waals surface area (Å²) in [7, 11) is 0. The van der Waals surface area contributed by atoms with E-state index < -0.39 is 5.60 Å². The van der Waals surface area contributed by atoms with E-state index in [0.717, 1.165) is 31.3 Å². The average Bonchev–Trinajstić information content (AvgIpc) is 2.81. The summed E-state index contributed by atoms with van der Waals surface area (Å²) in [4.78, 5) is 12.9. The van der Waals surface area contributed by atoms with Gasteiger partial charge in [-0.25, -0.2) is 0 Å². The Morgan fingerprint density at radius 3 is 2.83 bits per heavy atom. The molecule has 3 rings (SSSR count). The summed E-state index contributed by atoms with van der Waals surface area (Å²) in [5, 5.41) is 18.6. The van der Waals surface area contributed by atoms with E-state index in [1.807, 2.05) is 0 Å². The molecule has 4 heteroatoms. The van der Waals surface area contributed by atoms with Crippen LogP contribution >= 0.6 is 0 Å². The van der Waals surface area contributed by atoms with Gasteiger partial charge in [0.1, 0.15) is 5.60 Å². The van der Waals surface area contributed by atoms with Gasteiger partial charge in [-0.05, 0) is 61.2 Å². The lowest BCUT2D eigenvalue weighted by molar-refractivity contribution is -0.186. The van der Waals surface area contributed by atoms with Crippen molar-refractivity contribution in [2.24, 2.45) is 17.3 Å². The Kier molecular flexibility index (Phi) is 4.75. The van der Waals surface area contributed by atoms with Gasteiger partial charge < -0.3 is 14.9 Å². The molecule has 2 aliphatic heterocycles. The van der Waals surface area contributed by atoms with Crippen molar-refractivity contribution in [3.05, 3.63) is 23.3 Å². The van der Waals surface area contributed by atoms with E-state index in [-0.39, 0.29) is 36.4 Å². The molecule has 1 saturated heterocycles. The summed E-state index contributed by atoms with van der Waals surface area (Å²) in [6.45, 7) is 6.49. The lowest BCUT2D eigenvalue weighted by Crippen LogP contribution is -2.60. The molecule has 2 bridgehead atoms. The predicted molar refractivity (Wildman–Crippen MR) is 92.5 cm³/mol. The van der Waals surface area contributed by atoms with Gasteiger partial charge in [-0.1, -0.05) is 19.9 Å². The van der Waals surface area contributed by atoms with Gasteiger partial charge in [-0.15, -0.1) is 0 Å². The zero-order valence-corrected chi connectivity index (χ0v) is 15.0. The van der Waals surface area contributed by atoms with Crippen LogP contribution in [0.1, 0.15) is 52.9 Å². The summed E-state index contributed by atoms with van der Waals surface area (Å²) in [5.74, 6) is 0.737. The van der Waals surface area contributed by atoms with Crippen LogP contribution in [0.5, 0.6) is 0 Å². The number of rotatable bonds is 5. The van der Waals surface area contributed by atoms with E-state index in [2.05, 4.69) is 26.8 Å². The van der Waals surface area contributed by atoms with E-state index in [0.29, 0.717) is 12.3 Å². The molecule has 0 amide bonds. The number of ether oxygens (including phenoxy) is 1. The van der Waals surface area contributed by atoms with Gasteiger partial charge in [0, 0.05) is 12.3 Å². The Balaban J connectivity index is 1.89. The van der Waals surface area contributed by atoms with Gasteiger partial charge in [0.15, 0.2) is 5.78 Å². The molecule has 5 unspecified atom stereocenters. The third-order valence-electron chi connectivity index (χ3n) is 6.94. The number of Topliss-reactive ketones (excluding diaryl/α,β-unsaturated/α-hetero) is 1. The third-order valence-corrected chi connectivity index (χ3v) is 6.94. The van der Waals surface area contributed by atoms with E-state index in [9.17, 15) is 9.90 Å². The molecule has 134 valence electrons. The van der Waals surface area contributed by atoms with Crippen molar-refractivity contribution >= 4 is 5.78 Å². The second kappa shape index (κ2) is 6.40. The first-order valence-corrected chi connectivity index (χ1v) is 9.17. The standard InChI is InChI=1S/C20H30O4/c1-13-11-20-17(5-4-16(13)24-20)19(3,14(2)10-18(20)23)8-6-15(12-22)7-9-21/h7,11,14,16-17,21-22H,4-6,8-10,12H2,1-3H3. The molecule has 2 fully saturated rings. The van der Waals surface area contributed by atoms with Crippen LogP contribution in [0, 0.1) is 17.3 Å². The molecule has 2 heterocycles. The SMILES string of the molecule is CC1=CC23OC1CCC2C(C)(CCC(=CCO)CO)C(C)CC3=O. The number of hydrogen-bond acceptors (Lipinski definition) is 4. The maximum absolute atomic E-state index is 12.9. The van der Waals surface area contributed by atoms with Gasteiger partial charge in [-0.3, -0.25) is 4.79 Å². The minimum absolute atomic E-state index is 0.0102. The van der Waals surface area contributed by atoms with E-state index in [4.69, 9.17) is 9.84 Å². The number of aliphatic hydroxyl groups is 2. The van der Waals surface area contributed by atoms with Crippen LogP contribution in [0.25, 0.3) is 0 Å². The molecule has 0 aromatic heterocycles. The van der Waals surface area contributed by atoms with Crippen molar-refractivity contribution in [1.29, 1.82) is 0 Å². The maximum atomic E-state index is 12.9. The highest BCUT2D eigenvalue weighted by Gasteiger charge is 2.62. The van der Waals surface area contributed by atoms with Gasteiger partial charge in [0.2, 0.25) is 0 Å². The molecule has 5 atom stereocenters. The lowest BCUT2D eigenvalue weighted by Gasteiger charge is -2.55.